The van der Waals surface area contributed by atoms with E-state index < -0.39 is 0 Å². The highest BCUT2D eigenvalue weighted by Gasteiger charge is 2.09. The van der Waals surface area contributed by atoms with Crippen LogP contribution in [0.15, 0.2) is 47.8 Å². The predicted molar refractivity (Wildman–Crippen MR) is 115 cm³/mol. The van der Waals surface area contributed by atoms with Gasteiger partial charge in [0.25, 0.3) is 0 Å². The lowest BCUT2D eigenvalue weighted by molar-refractivity contribution is -0.120. The maximum Gasteiger partial charge on any atom is 0.226 e. The van der Waals surface area contributed by atoms with E-state index >= 15 is 0 Å². The van der Waals surface area contributed by atoms with Crippen LogP contribution in [0.25, 0.3) is 0 Å². The van der Waals surface area contributed by atoms with Gasteiger partial charge in [-0.2, -0.15) is 0 Å². The molecule has 0 bridgehead atoms. The Bertz CT molecular complexity index is 955. The second-order valence-electron chi connectivity index (χ2n) is 6.63. The van der Waals surface area contributed by atoms with Crippen molar-refractivity contribution >= 4 is 28.8 Å². The Kier molecular flexibility index (Phi) is 7.06. The molecule has 0 aliphatic rings. The lowest BCUT2D eigenvalue weighted by atomic mass is 10.1. The van der Waals surface area contributed by atoms with Crippen LogP contribution in [0.2, 0.25) is 5.02 Å². The number of benzene rings is 2. The van der Waals surface area contributed by atoms with Crippen LogP contribution in [0.1, 0.15) is 27.4 Å². The Morgan fingerprint density at radius 3 is 2.89 bits per heavy atom. The molecule has 4 nitrogen and oxygen atoms in total. The summed E-state index contributed by atoms with van der Waals surface area (Å²) in [6, 6.07) is 13.8. The Morgan fingerprint density at radius 2 is 2.11 bits per heavy atom. The maximum absolute atomic E-state index is 12.2. The first-order valence-electron chi connectivity index (χ1n) is 9.11. The van der Waals surface area contributed by atoms with Crippen molar-refractivity contribution in [3.05, 3.63) is 80.3 Å². The van der Waals surface area contributed by atoms with Gasteiger partial charge in [0.1, 0.15) is 5.75 Å². The molecule has 6 heteroatoms. The highest BCUT2D eigenvalue weighted by Crippen LogP contribution is 2.20. The molecule has 1 aromatic heterocycles. The molecule has 0 fully saturated rings. The van der Waals surface area contributed by atoms with Gasteiger partial charge in [-0.25, -0.2) is 4.98 Å². The van der Waals surface area contributed by atoms with Gasteiger partial charge in [-0.1, -0.05) is 41.4 Å². The van der Waals surface area contributed by atoms with Gasteiger partial charge in [-0.15, -0.1) is 11.3 Å². The topological polar surface area (TPSA) is 51.2 Å². The summed E-state index contributed by atoms with van der Waals surface area (Å²) in [7, 11) is 1.66. The summed E-state index contributed by atoms with van der Waals surface area (Å²) in [5.74, 6) is 0.830. The summed E-state index contributed by atoms with van der Waals surface area (Å²) < 4.78 is 5.38. The number of halogens is 1. The molecule has 1 N–H and O–H groups in total. The van der Waals surface area contributed by atoms with Crippen molar-refractivity contribution in [1.82, 2.24) is 10.3 Å². The molecule has 28 heavy (non-hydrogen) atoms. The maximum atomic E-state index is 12.2. The van der Waals surface area contributed by atoms with Crippen LogP contribution in [0.3, 0.4) is 0 Å². The molecule has 0 saturated heterocycles. The third kappa shape index (κ3) is 5.81. The molecule has 0 radical (unpaired) electrons. The number of thiazole rings is 1. The van der Waals surface area contributed by atoms with Crippen LogP contribution in [0.5, 0.6) is 5.75 Å². The third-order valence-corrected chi connectivity index (χ3v) is 5.47. The summed E-state index contributed by atoms with van der Waals surface area (Å²) in [4.78, 5) is 16.8. The lowest BCUT2D eigenvalue weighted by Crippen LogP contribution is -2.27. The number of aromatic nitrogens is 1. The number of rotatable bonds is 8. The zero-order valence-electron chi connectivity index (χ0n) is 16.0. The van der Waals surface area contributed by atoms with Gasteiger partial charge in [0, 0.05) is 23.4 Å². The minimum absolute atomic E-state index is 0.0220. The summed E-state index contributed by atoms with van der Waals surface area (Å²) in [5.41, 5.74) is 4.19. The first kappa shape index (κ1) is 20.4. The van der Waals surface area contributed by atoms with E-state index in [0.717, 1.165) is 45.4 Å². The van der Waals surface area contributed by atoms with Crippen LogP contribution < -0.4 is 10.1 Å². The Labute approximate surface area is 174 Å². The van der Waals surface area contributed by atoms with Crippen LogP contribution in [0, 0.1) is 6.92 Å². The van der Waals surface area contributed by atoms with E-state index in [1.165, 1.54) is 5.56 Å². The van der Waals surface area contributed by atoms with Gasteiger partial charge in [-0.3, -0.25) is 4.79 Å². The Hall–Kier alpha value is -2.37. The number of hydrogen-bond acceptors (Lipinski definition) is 4. The molecule has 3 rings (SSSR count). The number of hydrogen-bond donors (Lipinski definition) is 1. The molecule has 1 amide bonds. The van der Waals surface area contributed by atoms with Crippen LogP contribution in [-0.4, -0.2) is 24.5 Å². The molecule has 1 heterocycles. The van der Waals surface area contributed by atoms with E-state index in [2.05, 4.69) is 16.4 Å². The van der Waals surface area contributed by atoms with Crippen molar-refractivity contribution in [1.29, 1.82) is 0 Å². The average Bonchev–Trinajstić information content (AvgIpc) is 3.08. The normalized spacial score (nSPS) is 10.7. The Balaban J connectivity index is 1.49. The van der Waals surface area contributed by atoms with Crippen molar-refractivity contribution in [2.24, 2.45) is 0 Å². The van der Waals surface area contributed by atoms with Crippen molar-refractivity contribution in [3.63, 3.8) is 0 Å². The predicted octanol–water partition coefficient (Wildman–Crippen LogP) is 4.61. The quantitative estimate of drug-likeness (QED) is 0.585. The number of methoxy groups -OCH3 is 1. The molecule has 0 spiro atoms. The van der Waals surface area contributed by atoms with Crippen LogP contribution in [0.4, 0.5) is 0 Å². The number of nitrogens with zero attached hydrogens (tertiary/aromatic N) is 1. The van der Waals surface area contributed by atoms with E-state index in [1.807, 2.05) is 48.7 Å². The first-order valence-corrected chi connectivity index (χ1v) is 10.4. The van der Waals surface area contributed by atoms with Gasteiger partial charge < -0.3 is 10.1 Å². The lowest BCUT2D eigenvalue weighted by Gasteiger charge is -2.10. The van der Waals surface area contributed by atoms with Gasteiger partial charge in [0.2, 0.25) is 5.91 Å². The van der Waals surface area contributed by atoms with E-state index in [-0.39, 0.29) is 12.3 Å². The second kappa shape index (κ2) is 9.71. The molecule has 3 aromatic rings. The van der Waals surface area contributed by atoms with Gasteiger partial charge in [0.15, 0.2) is 0 Å². The zero-order chi connectivity index (χ0) is 19.9. The minimum Gasteiger partial charge on any atom is -0.496 e. The Morgan fingerprint density at radius 1 is 1.25 bits per heavy atom. The summed E-state index contributed by atoms with van der Waals surface area (Å²) in [6.07, 6.45) is 1.74. The van der Waals surface area contributed by atoms with Crippen LogP contribution in [-0.2, 0) is 24.1 Å². The fraction of sp³-hybridized carbons (Fsp3) is 0.273. The largest absolute Gasteiger partial charge is 0.496 e. The summed E-state index contributed by atoms with van der Waals surface area (Å²) in [6.45, 7) is 2.61. The summed E-state index contributed by atoms with van der Waals surface area (Å²) >= 11 is 7.60. The third-order valence-electron chi connectivity index (χ3n) is 4.34. The summed E-state index contributed by atoms with van der Waals surface area (Å²) in [5, 5.41) is 6.62. The molecular formula is C22H23ClN2O2S. The number of aryl methyl sites for hydroxylation is 1. The molecule has 2 aromatic carbocycles. The first-order chi connectivity index (χ1) is 13.5. The molecule has 146 valence electrons. The van der Waals surface area contributed by atoms with Crippen molar-refractivity contribution in [2.45, 2.75) is 26.2 Å². The molecule has 0 unspecified atom stereocenters. The number of nitrogens with one attached hydrogen (secondary N) is 1. The van der Waals surface area contributed by atoms with Crippen molar-refractivity contribution < 1.29 is 9.53 Å². The van der Waals surface area contributed by atoms with E-state index in [0.29, 0.717) is 6.54 Å². The SMILES string of the molecule is COc1ccc(C)cc1CCNC(=O)Cc1csc(Cc2cccc(Cl)c2)n1. The number of ether oxygens (including phenoxy) is 1. The average molecular weight is 415 g/mol. The highest BCUT2D eigenvalue weighted by molar-refractivity contribution is 7.09. The van der Waals surface area contributed by atoms with E-state index in [4.69, 9.17) is 16.3 Å². The van der Waals surface area contributed by atoms with Gasteiger partial charge in [0.05, 0.1) is 24.2 Å². The van der Waals surface area contributed by atoms with Gasteiger partial charge in [-0.05, 0) is 42.7 Å². The zero-order valence-corrected chi connectivity index (χ0v) is 17.6. The van der Waals surface area contributed by atoms with Crippen molar-refractivity contribution in [3.8, 4) is 5.75 Å². The second-order valence-corrected chi connectivity index (χ2v) is 8.01. The van der Waals surface area contributed by atoms with E-state index in [1.54, 1.807) is 18.4 Å². The monoisotopic (exact) mass is 414 g/mol. The standard InChI is InChI=1S/C22H23ClN2O2S/c1-15-6-7-20(27-2)17(10-15)8-9-24-21(26)13-19-14-28-22(25-19)12-16-4-3-5-18(23)11-16/h3-7,10-11,14H,8-9,12-13H2,1-2H3,(H,24,26). The number of carbonyl (C=O) groups is 1. The molecular weight excluding hydrogens is 392 g/mol. The molecule has 0 atom stereocenters. The number of amides is 1. The van der Waals surface area contributed by atoms with Crippen molar-refractivity contribution in [2.75, 3.05) is 13.7 Å². The molecule has 0 aliphatic heterocycles. The fourth-order valence-electron chi connectivity index (χ4n) is 3.00. The van der Waals surface area contributed by atoms with E-state index in [9.17, 15) is 4.79 Å². The number of carbonyl (C=O) groups excluding carboxylic acids is 1. The fourth-order valence-corrected chi connectivity index (χ4v) is 4.04. The van der Waals surface area contributed by atoms with Gasteiger partial charge >= 0.3 is 0 Å². The minimum atomic E-state index is -0.0220. The molecule has 0 saturated carbocycles. The van der Waals surface area contributed by atoms with Crippen LogP contribution >= 0.6 is 22.9 Å². The molecule has 0 aliphatic carbocycles. The smallest absolute Gasteiger partial charge is 0.226 e. The highest BCUT2D eigenvalue weighted by atomic mass is 35.5.